The fourth-order valence-electron chi connectivity index (χ4n) is 2.09. The van der Waals surface area contributed by atoms with E-state index >= 15 is 0 Å². The average molecular weight is 303 g/mol. The fourth-order valence-corrected chi connectivity index (χ4v) is 2.09. The zero-order valence-electron chi connectivity index (χ0n) is 9.54. The lowest BCUT2D eigenvalue weighted by molar-refractivity contribution is -0.147. The van der Waals surface area contributed by atoms with Crippen LogP contribution in [0.3, 0.4) is 0 Å². The molecule has 1 aromatic carbocycles. The van der Waals surface area contributed by atoms with Crippen molar-refractivity contribution in [3.8, 4) is 0 Å². The first kappa shape index (κ1) is 17.4. The number of nitrogens with zero attached hydrogens (tertiary/aromatic N) is 1. The van der Waals surface area contributed by atoms with Gasteiger partial charge in [0.15, 0.2) is 0 Å². The second-order valence-corrected chi connectivity index (χ2v) is 4.06. The normalized spacial score (nSPS) is 15.3. The van der Waals surface area contributed by atoms with E-state index in [0.717, 1.165) is 11.1 Å². The van der Waals surface area contributed by atoms with Gasteiger partial charge in [-0.05, 0) is 23.6 Å². The minimum Gasteiger partial charge on any atom is -0.398 e. The Morgan fingerprint density at radius 3 is 2.50 bits per heavy atom. The third-order valence-corrected chi connectivity index (χ3v) is 2.78. The molecule has 2 rings (SSSR count). The van der Waals surface area contributed by atoms with Crippen molar-refractivity contribution in [1.29, 1.82) is 0 Å². The lowest BCUT2D eigenvalue weighted by Gasteiger charge is -2.29. The molecule has 0 aromatic heterocycles. The number of hydrogen-bond donors (Lipinski definition) is 1. The van der Waals surface area contributed by atoms with Crippen LogP contribution in [0.5, 0.6) is 0 Å². The van der Waals surface area contributed by atoms with Crippen molar-refractivity contribution < 1.29 is 13.2 Å². The highest BCUT2D eigenvalue weighted by molar-refractivity contribution is 5.85. The van der Waals surface area contributed by atoms with Crippen LogP contribution < -0.4 is 5.73 Å². The van der Waals surface area contributed by atoms with Crippen molar-refractivity contribution in [1.82, 2.24) is 4.90 Å². The smallest absolute Gasteiger partial charge is 0.398 e. The van der Waals surface area contributed by atoms with Crippen LogP contribution in [0.1, 0.15) is 11.1 Å². The van der Waals surface area contributed by atoms with Gasteiger partial charge in [-0.25, -0.2) is 0 Å². The van der Waals surface area contributed by atoms with Crippen molar-refractivity contribution in [3.63, 3.8) is 0 Å². The second-order valence-electron chi connectivity index (χ2n) is 4.06. The van der Waals surface area contributed by atoms with Crippen LogP contribution in [0, 0.1) is 0 Å². The van der Waals surface area contributed by atoms with Crippen molar-refractivity contribution in [2.75, 3.05) is 18.8 Å². The molecule has 1 aliphatic rings. The van der Waals surface area contributed by atoms with Gasteiger partial charge in [0.05, 0.1) is 6.54 Å². The lowest BCUT2D eigenvalue weighted by Crippen LogP contribution is -2.38. The van der Waals surface area contributed by atoms with Crippen LogP contribution in [0.4, 0.5) is 18.9 Å². The number of nitrogen functional groups attached to an aromatic ring is 1. The highest BCUT2D eigenvalue weighted by atomic mass is 35.5. The molecule has 0 aliphatic carbocycles. The van der Waals surface area contributed by atoms with Gasteiger partial charge in [-0.1, -0.05) is 12.1 Å². The van der Waals surface area contributed by atoms with Crippen LogP contribution >= 0.6 is 24.8 Å². The van der Waals surface area contributed by atoms with Crippen molar-refractivity contribution in [3.05, 3.63) is 29.3 Å². The van der Waals surface area contributed by atoms with E-state index in [1.165, 1.54) is 4.90 Å². The zero-order chi connectivity index (χ0) is 11.8. The number of alkyl halides is 3. The highest BCUT2D eigenvalue weighted by Crippen LogP contribution is 2.26. The van der Waals surface area contributed by atoms with Gasteiger partial charge in [-0.3, -0.25) is 4.90 Å². The van der Waals surface area contributed by atoms with E-state index in [4.69, 9.17) is 5.73 Å². The Morgan fingerprint density at radius 1 is 1.22 bits per heavy atom. The summed E-state index contributed by atoms with van der Waals surface area (Å²) < 4.78 is 36.7. The monoisotopic (exact) mass is 302 g/mol. The molecule has 0 saturated heterocycles. The summed E-state index contributed by atoms with van der Waals surface area (Å²) in [4.78, 5) is 1.40. The Labute approximate surface area is 116 Å². The molecule has 104 valence electrons. The van der Waals surface area contributed by atoms with Gasteiger partial charge in [0.1, 0.15) is 0 Å². The second kappa shape index (κ2) is 6.50. The van der Waals surface area contributed by atoms with Gasteiger partial charge in [0.25, 0.3) is 0 Å². The van der Waals surface area contributed by atoms with Gasteiger partial charge in [0.2, 0.25) is 0 Å². The summed E-state index contributed by atoms with van der Waals surface area (Å²) in [6.45, 7) is -0.0954. The van der Waals surface area contributed by atoms with Gasteiger partial charge in [0, 0.05) is 18.8 Å². The Bertz CT molecular complexity index is 396. The standard InChI is InChI=1S/C11H13F3N2.2ClH/c12-11(13,14)7-16-5-4-9-8(6-16)2-1-3-10(9)15;;/h1-3H,4-7,15H2;2*1H. The molecule has 1 aromatic rings. The van der Waals surface area contributed by atoms with E-state index in [1.54, 1.807) is 12.1 Å². The van der Waals surface area contributed by atoms with Crippen molar-refractivity contribution in [2.24, 2.45) is 0 Å². The third kappa shape index (κ3) is 4.23. The summed E-state index contributed by atoms with van der Waals surface area (Å²) in [5.74, 6) is 0. The maximum absolute atomic E-state index is 12.2. The number of anilines is 1. The molecule has 2 nitrogen and oxygen atoms in total. The van der Waals surface area contributed by atoms with Gasteiger partial charge in [-0.15, -0.1) is 24.8 Å². The minimum absolute atomic E-state index is 0. The van der Waals surface area contributed by atoms with Crippen LogP contribution in [0.25, 0.3) is 0 Å². The molecule has 2 N–H and O–H groups in total. The summed E-state index contributed by atoms with van der Waals surface area (Å²) in [5.41, 5.74) is 8.37. The Kier molecular flexibility index (Phi) is 6.26. The maximum atomic E-state index is 12.2. The number of rotatable bonds is 1. The summed E-state index contributed by atoms with van der Waals surface area (Å²) in [6, 6.07) is 5.41. The molecule has 0 saturated carbocycles. The number of hydrogen-bond acceptors (Lipinski definition) is 2. The molecule has 0 bridgehead atoms. The van der Waals surface area contributed by atoms with E-state index in [0.29, 0.717) is 25.2 Å². The molecule has 0 amide bonds. The average Bonchev–Trinajstić information content (AvgIpc) is 2.15. The van der Waals surface area contributed by atoms with Crippen molar-refractivity contribution in [2.45, 2.75) is 19.1 Å². The van der Waals surface area contributed by atoms with E-state index in [-0.39, 0.29) is 24.8 Å². The highest BCUT2D eigenvalue weighted by Gasteiger charge is 2.32. The molecule has 0 radical (unpaired) electrons. The Morgan fingerprint density at radius 2 is 1.89 bits per heavy atom. The van der Waals surface area contributed by atoms with Gasteiger partial charge in [-0.2, -0.15) is 13.2 Å². The minimum atomic E-state index is -4.13. The molecule has 1 heterocycles. The Hall–Kier alpha value is -0.650. The summed E-state index contributed by atoms with van der Waals surface area (Å²) in [6.07, 6.45) is -3.53. The molecular weight excluding hydrogens is 288 g/mol. The third-order valence-electron chi connectivity index (χ3n) is 2.78. The van der Waals surface area contributed by atoms with E-state index in [9.17, 15) is 13.2 Å². The summed E-state index contributed by atoms with van der Waals surface area (Å²) in [7, 11) is 0. The van der Waals surface area contributed by atoms with Crippen LogP contribution in [-0.4, -0.2) is 24.2 Å². The molecule has 0 spiro atoms. The van der Waals surface area contributed by atoms with Crippen LogP contribution in [0.2, 0.25) is 0 Å². The first-order chi connectivity index (χ1) is 7.46. The van der Waals surface area contributed by atoms with E-state index in [2.05, 4.69) is 0 Å². The molecule has 0 fully saturated rings. The zero-order valence-corrected chi connectivity index (χ0v) is 11.2. The topological polar surface area (TPSA) is 29.3 Å². The molecular formula is C11H15Cl2F3N2. The van der Waals surface area contributed by atoms with Crippen LogP contribution in [-0.2, 0) is 13.0 Å². The van der Waals surface area contributed by atoms with Gasteiger partial charge >= 0.3 is 6.18 Å². The molecule has 7 heteroatoms. The predicted octanol–water partition coefficient (Wildman–Crippen LogP) is 3.03. The largest absolute Gasteiger partial charge is 0.401 e. The first-order valence-corrected chi connectivity index (χ1v) is 5.11. The lowest BCUT2D eigenvalue weighted by atomic mass is 9.98. The van der Waals surface area contributed by atoms with Gasteiger partial charge < -0.3 is 5.73 Å². The molecule has 1 aliphatic heterocycles. The van der Waals surface area contributed by atoms with E-state index in [1.807, 2.05) is 6.07 Å². The quantitative estimate of drug-likeness (QED) is 0.808. The SMILES string of the molecule is Cl.Cl.Nc1cccc2c1CCN(CC(F)(F)F)C2. The number of halogens is 5. The maximum Gasteiger partial charge on any atom is 0.401 e. The first-order valence-electron chi connectivity index (χ1n) is 5.11. The number of fused-ring (bicyclic) bond motifs is 1. The summed E-state index contributed by atoms with van der Waals surface area (Å²) >= 11 is 0. The number of benzene rings is 1. The molecule has 0 unspecified atom stereocenters. The molecule has 0 atom stereocenters. The van der Waals surface area contributed by atoms with Crippen molar-refractivity contribution >= 4 is 30.5 Å². The predicted molar refractivity (Wildman–Crippen MR) is 70.4 cm³/mol. The van der Waals surface area contributed by atoms with E-state index < -0.39 is 12.7 Å². The fraction of sp³-hybridized carbons (Fsp3) is 0.455. The Balaban J connectivity index is 0.00000144. The number of nitrogens with two attached hydrogens (primary N) is 1. The summed E-state index contributed by atoms with van der Waals surface area (Å²) in [5, 5.41) is 0. The van der Waals surface area contributed by atoms with Crippen LogP contribution in [0.15, 0.2) is 18.2 Å². The molecule has 18 heavy (non-hydrogen) atoms.